The average Bonchev–Trinajstić information content (AvgIpc) is 2.20. The number of carbonyl (C=O) groups is 2. The van der Waals surface area contributed by atoms with Crippen molar-refractivity contribution in [3.63, 3.8) is 0 Å². The molecule has 0 heterocycles. The van der Waals surface area contributed by atoms with Crippen LogP contribution in [0.5, 0.6) is 0 Å². The fraction of sp³-hybridized carbons (Fsp3) is 0.750. The molecule has 0 unspecified atom stereocenters. The van der Waals surface area contributed by atoms with E-state index in [-0.39, 0.29) is 19.4 Å². The lowest BCUT2D eigenvalue weighted by Gasteiger charge is -1.79. The fourth-order valence-corrected chi connectivity index (χ4v) is 0.696. The molecule has 17 heavy (non-hydrogen) atoms. The Morgan fingerprint density at radius 1 is 1.00 bits per heavy atom. The van der Waals surface area contributed by atoms with E-state index in [2.05, 4.69) is 25.3 Å². The first-order valence-electron chi connectivity index (χ1n) is 4.48. The highest BCUT2D eigenvalue weighted by Crippen LogP contribution is 1.84. The van der Waals surface area contributed by atoms with Gasteiger partial charge in [0.15, 0.2) is 0 Å². The lowest BCUT2D eigenvalue weighted by Crippen LogP contribution is -1.93. The molecular formula is C8H18O6S3. The zero-order valence-corrected chi connectivity index (χ0v) is 11.8. The van der Waals surface area contributed by atoms with E-state index in [4.69, 9.17) is 19.9 Å². The number of thiol groups is 2. The zero-order chi connectivity index (χ0) is 14.1. The summed E-state index contributed by atoms with van der Waals surface area (Å²) in [5.41, 5.74) is 0. The summed E-state index contributed by atoms with van der Waals surface area (Å²) in [6, 6.07) is 0. The van der Waals surface area contributed by atoms with E-state index in [9.17, 15) is 9.59 Å². The first-order valence-corrected chi connectivity index (χ1v) is 6.69. The molecule has 0 bridgehead atoms. The Morgan fingerprint density at radius 3 is 1.35 bits per heavy atom. The number of carboxylic acid groups (broad SMARTS) is 2. The maximum absolute atomic E-state index is 9.55. The maximum atomic E-state index is 9.55. The van der Waals surface area contributed by atoms with Crippen molar-refractivity contribution in [3.8, 4) is 0 Å². The van der Waals surface area contributed by atoms with E-state index in [0.717, 1.165) is 0 Å². The van der Waals surface area contributed by atoms with Gasteiger partial charge in [-0.25, -0.2) is 0 Å². The normalized spacial score (nSPS) is 8.24. The Bertz CT molecular complexity index is 161. The Hall–Kier alpha value is -0.0900. The van der Waals surface area contributed by atoms with E-state index in [0.29, 0.717) is 29.3 Å². The second-order valence-corrected chi connectivity index (χ2v) is 3.85. The first-order chi connectivity index (χ1) is 7.95. The molecule has 0 aromatic rings. The topological polar surface area (TPSA) is 115 Å². The van der Waals surface area contributed by atoms with Gasteiger partial charge >= 0.3 is 11.9 Å². The monoisotopic (exact) mass is 306 g/mol. The SMILES string of the molecule is O=C(O)CCS.O=C(O)CCS.OCCSO. The largest absolute Gasteiger partial charge is 0.481 e. The Balaban J connectivity index is -0.000000174. The molecule has 6 nitrogen and oxygen atoms in total. The number of aliphatic hydroxyl groups excluding tert-OH is 1. The van der Waals surface area contributed by atoms with Crippen LogP contribution in [0, 0.1) is 0 Å². The summed E-state index contributed by atoms with van der Waals surface area (Å²) < 4.78 is 7.82. The molecule has 4 N–H and O–H groups in total. The zero-order valence-electron chi connectivity index (χ0n) is 9.15. The molecule has 0 spiro atoms. The summed E-state index contributed by atoms with van der Waals surface area (Å²) in [7, 11) is 0. The fourth-order valence-electron chi connectivity index (χ4n) is 0.232. The van der Waals surface area contributed by atoms with Crippen molar-refractivity contribution in [2.24, 2.45) is 0 Å². The second kappa shape index (κ2) is 21.2. The van der Waals surface area contributed by atoms with Gasteiger partial charge < -0.3 is 19.9 Å². The van der Waals surface area contributed by atoms with Crippen LogP contribution in [0.4, 0.5) is 0 Å². The number of hydrogen-bond acceptors (Lipinski definition) is 7. The molecule has 0 saturated carbocycles. The minimum Gasteiger partial charge on any atom is -0.481 e. The first kappa shape index (κ1) is 22.1. The van der Waals surface area contributed by atoms with Gasteiger partial charge in [-0.3, -0.25) is 9.59 Å². The summed E-state index contributed by atoms with van der Waals surface area (Å²) in [5, 5.41) is 23.6. The third kappa shape index (κ3) is 49.2. The van der Waals surface area contributed by atoms with E-state index in [1.807, 2.05) is 0 Å². The number of carboxylic acids is 2. The standard InChI is InChI=1S/2C3H6O2S.C2H6O2S/c2*4-3(5)1-2-6;3-1-2-5-4/h2*6H,1-2H2,(H,4,5);3-4H,1-2H2. The molecule has 0 rings (SSSR count). The van der Waals surface area contributed by atoms with Crippen LogP contribution in [0.25, 0.3) is 0 Å². The molecule has 0 aliphatic rings. The average molecular weight is 306 g/mol. The smallest absolute Gasteiger partial charge is 0.304 e. The summed E-state index contributed by atoms with van der Waals surface area (Å²) in [6.07, 6.45) is 0.312. The molecule has 0 aliphatic carbocycles. The minimum absolute atomic E-state index is 0.0567. The van der Waals surface area contributed by atoms with Crippen LogP contribution in [0.15, 0.2) is 0 Å². The van der Waals surface area contributed by atoms with Crippen molar-refractivity contribution >= 4 is 49.2 Å². The predicted octanol–water partition coefficient (Wildman–Crippen LogP) is 0.967. The predicted molar refractivity (Wildman–Crippen MR) is 74.4 cm³/mol. The molecule has 104 valence electrons. The lowest BCUT2D eigenvalue weighted by atomic mass is 10.5. The highest BCUT2D eigenvalue weighted by molar-refractivity contribution is 7.93. The van der Waals surface area contributed by atoms with Crippen LogP contribution in [-0.2, 0) is 9.59 Å². The van der Waals surface area contributed by atoms with Gasteiger partial charge in [-0.05, 0) is 12.0 Å². The van der Waals surface area contributed by atoms with Crippen LogP contribution in [0.2, 0.25) is 0 Å². The molecule has 0 atom stereocenters. The summed E-state index contributed by atoms with van der Waals surface area (Å²) in [6.45, 7) is 0.0567. The Labute approximate surface area is 115 Å². The summed E-state index contributed by atoms with van der Waals surface area (Å²) in [4.78, 5) is 19.1. The molecule has 0 aromatic heterocycles. The second-order valence-electron chi connectivity index (χ2n) is 2.29. The van der Waals surface area contributed by atoms with Gasteiger partial charge in [-0.15, -0.1) is 0 Å². The molecule has 0 aliphatic heterocycles. The third-order valence-electron chi connectivity index (χ3n) is 0.834. The van der Waals surface area contributed by atoms with Gasteiger partial charge in [0.25, 0.3) is 0 Å². The highest BCUT2D eigenvalue weighted by Gasteiger charge is 1.88. The quantitative estimate of drug-likeness (QED) is 0.320. The van der Waals surface area contributed by atoms with Gasteiger partial charge in [0.05, 0.1) is 19.4 Å². The Morgan fingerprint density at radius 2 is 1.35 bits per heavy atom. The van der Waals surface area contributed by atoms with Crippen LogP contribution in [0.3, 0.4) is 0 Å². The maximum Gasteiger partial charge on any atom is 0.304 e. The van der Waals surface area contributed by atoms with Crippen molar-refractivity contribution in [1.29, 1.82) is 0 Å². The number of rotatable bonds is 6. The van der Waals surface area contributed by atoms with Crippen LogP contribution < -0.4 is 0 Å². The van der Waals surface area contributed by atoms with E-state index < -0.39 is 11.9 Å². The molecule has 9 heteroatoms. The van der Waals surface area contributed by atoms with Gasteiger partial charge in [-0.1, -0.05) is 0 Å². The van der Waals surface area contributed by atoms with Crippen molar-refractivity contribution in [3.05, 3.63) is 0 Å². The number of aliphatic hydroxyl groups is 1. The summed E-state index contributed by atoms with van der Waals surface area (Å²) >= 11 is 8.01. The van der Waals surface area contributed by atoms with Crippen LogP contribution >= 0.6 is 37.3 Å². The highest BCUT2D eigenvalue weighted by atomic mass is 32.2. The minimum atomic E-state index is -0.787. The van der Waals surface area contributed by atoms with Crippen molar-refractivity contribution in [2.75, 3.05) is 23.9 Å². The van der Waals surface area contributed by atoms with Crippen molar-refractivity contribution in [1.82, 2.24) is 0 Å². The molecule has 0 aromatic carbocycles. The van der Waals surface area contributed by atoms with E-state index in [1.54, 1.807) is 0 Å². The van der Waals surface area contributed by atoms with Gasteiger partial charge in [0, 0.05) is 17.3 Å². The van der Waals surface area contributed by atoms with Gasteiger partial charge in [0.2, 0.25) is 0 Å². The van der Waals surface area contributed by atoms with Crippen molar-refractivity contribution < 1.29 is 29.5 Å². The molecule has 0 saturated heterocycles. The Kier molecular flexibility index (Phi) is 27.6. The van der Waals surface area contributed by atoms with Gasteiger partial charge in [0.1, 0.15) is 0 Å². The van der Waals surface area contributed by atoms with Crippen LogP contribution in [-0.4, -0.2) is 55.7 Å². The van der Waals surface area contributed by atoms with Gasteiger partial charge in [-0.2, -0.15) is 25.3 Å². The van der Waals surface area contributed by atoms with Crippen molar-refractivity contribution in [2.45, 2.75) is 12.8 Å². The van der Waals surface area contributed by atoms with Crippen LogP contribution in [0.1, 0.15) is 12.8 Å². The third-order valence-corrected chi connectivity index (χ3v) is 1.65. The number of hydrogen-bond donors (Lipinski definition) is 6. The molecule has 0 fully saturated rings. The lowest BCUT2D eigenvalue weighted by molar-refractivity contribution is -0.137. The number of aliphatic carboxylic acids is 2. The summed E-state index contributed by atoms with van der Waals surface area (Å²) in [5.74, 6) is -0.306. The molecular weight excluding hydrogens is 288 g/mol. The van der Waals surface area contributed by atoms with E-state index >= 15 is 0 Å². The molecule has 0 amide bonds. The van der Waals surface area contributed by atoms with E-state index in [1.165, 1.54) is 0 Å². The molecule has 0 radical (unpaired) electrons.